The van der Waals surface area contributed by atoms with E-state index >= 15 is 0 Å². The fourth-order valence-electron chi connectivity index (χ4n) is 5.28. The van der Waals surface area contributed by atoms with E-state index in [9.17, 15) is 0 Å². The van der Waals surface area contributed by atoms with E-state index in [0.29, 0.717) is 0 Å². The molecule has 0 aliphatic heterocycles. The summed E-state index contributed by atoms with van der Waals surface area (Å²) in [6.45, 7) is 46.5. The van der Waals surface area contributed by atoms with Gasteiger partial charge in [0.15, 0.2) is 33.3 Å². The highest BCUT2D eigenvalue weighted by molar-refractivity contribution is 6.94. The highest BCUT2D eigenvalue weighted by atomic mass is 28.6. The molecule has 0 saturated carbocycles. The molecule has 0 aromatic rings. The zero-order valence-corrected chi connectivity index (χ0v) is 40.7. The molecule has 0 rings (SSSR count). The van der Waals surface area contributed by atoms with Crippen LogP contribution in [0.4, 0.5) is 0 Å². The van der Waals surface area contributed by atoms with Crippen LogP contribution >= 0.6 is 0 Å². The van der Waals surface area contributed by atoms with Crippen molar-refractivity contribution in [3.8, 4) is 0 Å². The van der Waals surface area contributed by atoms with Crippen molar-refractivity contribution < 1.29 is 37.0 Å². The van der Waals surface area contributed by atoms with Gasteiger partial charge in [0.05, 0.1) is 0 Å². The maximum atomic E-state index is 7.10. The minimum Gasteiger partial charge on any atom is -0.437 e. The lowest BCUT2D eigenvalue weighted by molar-refractivity contribution is 0.150. The third kappa shape index (κ3) is 21.3. The summed E-state index contributed by atoms with van der Waals surface area (Å²) in [5, 5.41) is 0. The fraction of sp³-hybridized carbons (Fsp3) is 1.00. The topological polar surface area (TPSA) is 83.1 Å². The molecule has 41 heavy (non-hydrogen) atoms. The van der Waals surface area contributed by atoms with Crippen molar-refractivity contribution in [3.05, 3.63) is 0 Å². The Morgan fingerprint density at radius 3 is 0.463 bits per heavy atom. The summed E-state index contributed by atoms with van der Waals surface area (Å²) >= 11 is 0. The monoisotopic (exact) mass is 754 g/mol. The van der Waals surface area contributed by atoms with Crippen molar-refractivity contribution >= 4 is 85.1 Å². The van der Waals surface area contributed by atoms with Gasteiger partial charge in [-0.3, -0.25) is 0 Å². The number of rotatable bonds is 18. The second-order valence-corrected chi connectivity index (χ2v) is 55.6. The molecule has 0 heterocycles. The molecule has 0 aliphatic carbocycles. The lowest BCUT2D eigenvalue weighted by Gasteiger charge is -2.47. The van der Waals surface area contributed by atoms with E-state index in [0.717, 1.165) is 0 Å². The van der Waals surface area contributed by atoms with E-state index in [1.165, 1.54) is 0 Å². The maximum Gasteiger partial charge on any atom is 0.472 e. The first-order valence-electron chi connectivity index (χ1n) is 14.7. The van der Waals surface area contributed by atoms with Gasteiger partial charge in [-0.2, -0.15) is 0 Å². The van der Waals surface area contributed by atoms with Gasteiger partial charge in [0.2, 0.25) is 0 Å². The number of hydrogen-bond acceptors (Lipinski definition) is 9. The maximum absolute atomic E-state index is 7.10. The largest absolute Gasteiger partial charge is 0.472 e. The summed E-state index contributed by atoms with van der Waals surface area (Å²) in [6.07, 6.45) is 0. The second-order valence-electron chi connectivity index (χ2n) is 16.7. The normalized spacial score (nSPS) is 16.0. The Balaban J connectivity index is 6.89. The molecule has 9 nitrogen and oxygen atoms in total. The van der Waals surface area contributed by atoms with Gasteiger partial charge in [-0.1, -0.05) is 0 Å². The molecule has 0 bridgehead atoms. The molecule has 0 N–H and O–H groups in total. The minimum atomic E-state index is -3.49. The van der Waals surface area contributed by atoms with Gasteiger partial charge in [0.25, 0.3) is 0 Å². The van der Waals surface area contributed by atoms with Crippen molar-refractivity contribution in [2.45, 2.75) is 144 Å². The van der Waals surface area contributed by atoms with Gasteiger partial charge in [0.1, 0.15) is 0 Å². The smallest absolute Gasteiger partial charge is 0.437 e. The van der Waals surface area contributed by atoms with Gasteiger partial charge < -0.3 is 37.0 Å². The lowest BCUT2D eigenvalue weighted by Crippen LogP contribution is -2.68. The zero-order chi connectivity index (χ0) is 33.4. The second kappa shape index (κ2) is 13.9. The molecule has 248 valence electrons. The van der Waals surface area contributed by atoms with E-state index in [2.05, 4.69) is 131 Å². The SMILES string of the molecule is C[Si](C)(C)O[Si](C)(C)O[Si](C)(O[Si](C)(C)O[Si](C)(C)C)O[Si](C)(O[Si](C)(C)O[Si](C)(C)C)O[Si](C)(C)O[Si](C)(C)C. The van der Waals surface area contributed by atoms with Crippen molar-refractivity contribution in [3.63, 3.8) is 0 Å². The Labute approximate surface area is 264 Å². The van der Waals surface area contributed by atoms with Crippen LogP contribution in [0.1, 0.15) is 0 Å². The van der Waals surface area contributed by atoms with Crippen molar-refractivity contribution in [2.75, 3.05) is 0 Å². The van der Waals surface area contributed by atoms with Gasteiger partial charge >= 0.3 is 51.9 Å². The predicted octanol–water partition coefficient (Wildman–Crippen LogP) is 8.42. The van der Waals surface area contributed by atoms with Gasteiger partial charge in [-0.25, -0.2) is 0 Å². The van der Waals surface area contributed by atoms with Gasteiger partial charge in [-0.15, -0.1) is 0 Å². The Kier molecular flexibility index (Phi) is 14.5. The Morgan fingerprint density at radius 1 is 0.195 bits per heavy atom. The van der Waals surface area contributed by atoms with Crippen LogP contribution in [0.3, 0.4) is 0 Å². The van der Waals surface area contributed by atoms with Gasteiger partial charge in [-0.05, 0) is 131 Å². The molecule has 0 atom stereocenters. The van der Waals surface area contributed by atoms with Crippen LogP contribution < -0.4 is 0 Å². The summed E-state index contributed by atoms with van der Waals surface area (Å²) in [6, 6.07) is 0. The summed E-state index contributed by atoms with van der Waals surface area (Å²) in [5.74, 6) is 0. The van der Waals surface area contributed by atoms with Crippen LogP contribution in [0.25, 0.3) is 0 Å². The van der Waals surface area contributed by atoms with E-state index in [-0.39, 0.29) is 0 Å². The summed E-state index contributed by atoms with van der Waals surface area (Å²) in [7, 11) is -25.4. The summed E-state index contributed by atoms with van der Waals surface area (Å²) < 4.78 is 61.3. The van der Waals surface area contributed by atoms with Crippen LogP contribution in [0.5, 0.6) is 0 Å². The van der Waals surface area contributed by atoms with Crippen LogP contribution in [-0.4, -0.2) is 85.1 Å². The molecule has 0 aliphatic rings. The molecular weight excluding hydrogens is 689 g/mol. The predicted molar refractivity (Wildman–Crippen MR) is 196 cm³/mol. The van der Waals surface area contributed by atoms with Crippen molar-refractivity contribution in [1.29, 1.82) is 0 Å². The lowest BCUT2D eigenvalue weighted by atomic mass is 11.8. The quantitative estimate of drug-likeness (QED) is 0.128. The van der Waals surface area contributed by atoms with E-state index in [1.54, 1.807) is 0 Å². The Bertz CT molecular complexity index is 717. The molecular formula is C22H66O9Si10. The highest BCUT2D eigenvalue weighted by Gasteiger charge is 2.58. The molecule has 0 radical (unpaired) electrons. The van der Waals surface area contributed by atoms with Crippen LogP contribution in [-0.2, 0) is 37.0 Å². The van der Waals surface area contributed by atoms with Crippen LogP contribution in [0.15, 0.2) is 0 Å². The average molecular weight is 756 g/mol. The minimum absolute atomic E-state index is 1.91. The molecule has 0 fully saturated rings. The molecule has 0 saturated heterocycles. The first-order valence-corrected chi connectivity index (χ1v) is 44.0. The first kappa shape index (κ1) is 42.8. The third-order valence-corrected chi connectivity index (χ3v) is 38.7. The van der Waals surface area contributed by atoms with E-state index in [4.69, 9.17) is 37.0 Å². The molecule has 0 aromatic heterocycles. The molecule has 0 unspecified atom stereocenters. The first-order chi connectivity index (χ1) is 17.4. The third-order valence-electron chi connectivity index (χ3n) is 4.30. The fourth-order valence-corrected chi connectivity index (χ4v) is 51.3. The van der Waals surface area contributed by atoms with E-state index < -0.39 is 85.1 Å². The highest BCUT2D eigenvalue weighted by Crippen LogP contribution is 2.33. The van der Waals surface area contributed by atoms with Crippen molar-refractivity contribution in [1.82, 2.24) is 0 Å². The Hall–Kier alpha value is 1.81. The molecule has 19 heteroatoms. The average Bonchev–Trinajstić information content (AvgIpc) is 2.37. The molecule has 0 aromatic carbocycles. The van der Waals surface area contributed by atoms with Crippen LogP contribution in [0, 0.1) is 0 Å². The van der Waals surface area contributed by atoms with Crippen molar-refractivity contribution in [2.24, 2.45) is 0 Å². The van der Waals surface area contributed by atoms with Crippen LogP contribution in [0.2, 0.25) is 144 Å². The standard InChI is InChI=1S/C22H66O9Si10/c1-32(2,3)23-36(13,14)27-40(21,28-37(15,16)24-33(4,5)6)31-41(22,29-38(17,18)25-34(7,8)9)30-39(19,20)26-35(10,11)12/h1-22H3. The molecule has 0 amide bonds. The number of hydrogen-bond donors (Lipinski definition) is 0. The Morgan fingerprint density at radius 2 is 0.341 bits per heavy atom. The van der Waals surface area contributed by atoms with E-state index in [1.807, 2.05) is 13.1 Å². The molecule has 0 spiro atoms. The zero-order valence-electron chi connectivity index (χ0n) is 30.7. The summed E-state index contributed by atoms with van der Waals surface area (Å²) in [5.41, 5.74) is 0. The summed E-state index contributed by atoms with van der Waals surface area (Å²) in [4.78, 5) is 0. The van der Waals surface area contributed by atoms with Gasteiger partial charge in [0, 0.05) is 13.1 Å².